The van der Waals surface area contributed by atoms with Crippen LogP contribution in [0.25, 0.3) is 23.1 Å². The lowest BCUT2D eigenvalue weighted by Gasteiger charge is -2.33. The van der Waals surface area contributed by atoms with Gasteiger partial charge in [-0.3, -0.25) is 0 Å². The fourth-order valence-electron chi connectivity index (χ4n) is 3.64. The monoisotopic (exact) mass is 352 g/mol. The van der Waals surface area contributed by atoms with Gasteiger partial charge in [-0.15, -0.1) is 0 Å². The predicted octanol–water partition coefficient (Wildman–Crippen LogP) is 5.11. The normalized spacial score (nSPS) is 20.0. The molecule has 0 unspecified atom stereocenters. The van der Waals surface area contributed by atoms with Gasteiger partial charge >= 0.3 is 5.63 Å². The second-order valence-corrected chi connectivity index (χ2v) is 7.72. The van der Waals surface area contributed by atoms with Crippen LogP contribution in [-0.2, 0) is 6.42 Å². The molecule has 136 valence electrons. The molecule has 2 aromatic rings. The van der Waals surface area contributed by atoms with Gasteiger partial charge in [-0.25, -0.2) is 4.79 Å². The van der Waals surface area contributed by atoms with Crippen molar-refractivity contribution in [2.24, 2.45) is 0 Å². The summed E-state index contributed by atoms with van der Waals surface area (Å²) in [6.07, 6.45) is 7.88. The summed E-state index contributed by atoms with van der Waals surface area (Å²) in [5.74, 6) is 1.48. The van der Waals surface area contributed by atoms with E-state index < -0.39 is 5.60 Å². The third kappa shape index (κ3) is 2.56. The maximum absolute atomic E-state index is 12.2. The lowest BCUT2D eigenvalue weighted by molar-refractivity contribution is 0.159. The standard InChI is InChI=1S/C22H24O4/c1-6-7-14-11-17(23)25-20-16-10-12(2)13(3)24-19(16)15-8-9-22(4,5)26-21(15)18(14)20/h8-11,13H,6-7H2,1-5H3/t13-/m1/s1. The highest BCUT2D eigenvalue weighted by atomic mass is 16.5. The van der Waals surface area contributed by atoms with E-state index in [9.17, 15) is 4.79 Å². The van der Waals surface area contributed by atoms with Crippen molar-refractivity contribution >= 4 is 23.1 Å². The summed E-state index contributed by atoms with van der Waals surface area (Å²) < 4.78 is 18.2. The first-order chi connectivity index (χ1) is 12.3. The zero-order valence-electron chi connectivity index (χ0n) is 15.9. The van der Waals surface area contributed by atoms with E-state index in [0.29, 0.717) is 5.58 Å². The SMILES string of the molecule is CCCc1cc(=O)oc2c3c(c4c(c12)OC(C)(C)C=C4)O[C@H](C)C(C)=C3. The molecule has 1 atom stereocenters. The Morgan fingerprint density at radius 1 is 1.19 bits per heavy atom. The summed E-state index contributed by atoms with van der Waals surface area (Å²) in [7, 11) is 0. The molecule has 3 heterocycles. The predicted molar refractivity (Wildman–Crippen MR) is 104 cm³/mol. The number of ether oxygens (including phenoxy) is 2. The topological polar surface area (TPSA) is 48.7 Å². The Balaban J connectivity index is 2.18. The molecule has 0 saturated carbocycles. The van der Waals surface area contributed by atoms with Gasteiger partial charge in [0.1, 0.15) is 23.2 Å². The zero-order chi connectivity index (χ0) is 18.6. The second-order valence-electron chi connectivity index (χ2n) is 7.72. The van der Waals surface area contributed by atoms with E-state index in [0.717, 1.165) is 52.0 Å². The quantitative estimate of drug-likeness (QED) is 0.704. The van der Waals surface area contributed by atoms with Crippen molar-refractivity contribution in [3.63, 3.8) is 0 Å². The number of hydrogen-bond donors (Lipinski definition) is 0. The average Bonchev–Trinajstić information content (AvgIpc) is 2.55. The molecule has 26 heavy (non-hydrogen) atoms. The highest BCUT2D eigenvalue weighted by Gasteiger charge is 2.32. The number of fused-ring (bicyclic) bond motifs is 6. The van der Waals surface area contributed by atoms with E-state index in [2.05, 4.69) is 19.1 Å². The van der Waals surface area contributed by atoms with Crippen LogP contribution in [0.3, 0.4) is 0 Å². The summed E-state index contributed by atoms with van der Waals surface area (Å²) in [6.45, 7) is 10.2. The molecular formula is C22H24O4. The van der Waals surface area contributed by atoms with Crippen LogP contribution in [0, 0.1) is 0 Å². The van der Waals surface area contributed by atoms with Gasteiger partial charge in [-0.2, -0.15) is 0 Å². The number of rotatable bonds is 2. The molecule has 2 aliphatic heterocycles. The van der Waals surface area contributed by atoms with Gasteiger partial charge in [0, 0.05) is 6.07 Å². The van der Waals surface area contributed by atoms with Gasteiger partial charge in [-0.05, 0) is 63.5 Å². The summed E-state index contributed by atoms with van der Waals surface area (Å²) >= 11 is 0. The lowest BCUT2D eigenvalue weighted by Crippen LogP contribution is -2.29. The first-order valence-electron chi connectivity index (χ1n) is 9.20. The summed E-state index contributed by atoms with van der Waals surface area (Å²) in [5, 5.41) is 0.889. The van der Waals surface area contributed by atoms with Gasteiger partial charge < -0.3 is 13.9 Å². The Labute approximate surface area is 153 Å². The molecule has 0 fully saturated rings. The third-order valence-corrected chi connectivity index (χ3v) is 5.09. The summed E-state index contributed by atoms with van der Waals surface area (Å²) in [6, 6.07) is 1.59. The Kier molecular flexibility index (Phi) is 3.76. The van der Waals surface area contributed by atoms with Crippen molar-refractivity contribution in [3.05, 3.63) is 44.8 Å². The van der Waals surface area contributed by atoms with Gasteiger partial charge in [0.15, 0.2) is 5.58 Å². The molecule has 0 bridgehead atoms. The smallest absolute Gasteiger partial charge is 0.336 e. The zero-order valence-corrected chi connectivity index (χ0v) is 15.9. The molecule has 1 aromatic carbocycles. The maximum Gasteiger partial charge on any atom is 0.336 e. The van der Waals surface area contributed by atoms with Crippen molar-refractivity contribution in [2.45, 2.75) is 59.2 Å². The molecular weight excluding hydrogens is 328 g/mol. The molecule has 0 spiro atoms. The van der Waals surface area contributed by atoms with Gasteiger partial charge in [0.25, 0.3) is 0 Å². The van der Waals surface area contributed by atoms with Crippen molar-refractivity contribution in [3.8, 4) is 11.5 Å². The van der Waals surface area contributed by atoms with Gasteiger partial charge in [-0.1, -0.05) is 13.3 Å². The van der Waals surface area contributed by atoms with Crippen LogP contribution >= 0.6 is 0 Å². The molecule has 4 nitrogen and oxygen atoms in total. The molecule has 0 saturated heterocycles. The van der Waals surface area contributed by atoms with E-state index in [-0.39, 0.29) is 11.7 Å². The first kappa shape index (κ1) is 17.0. The van der Waals surface area contributed by atoms with Crippen molar-refractivity contribution < 1.29 is 13.9 Å². The highest BCUT2D eigenvalue weighted by molar-refractivity contribution is 6.00. The minimum atomic E-state index is -0.431. The number of aryl methyl sites for hydroxylation is 1. The van der Waals surface area contributed by atoms with Crippen LogP contribution in [0.1, 0.15) is 57.7 Å². The lowest BCUT2D eigenvalue weighted by atomic mass is 9.91. The third-order valence-electron chi connectivity index (χ3n) is 5.09. The Morgan fingerprint density at radius 2 is 1.96 bits per heavy atom. The van der Waals surface area contributed by atoms with Crippen LogP contribution in [0.15, 0.2) is 26.9 Å². The Bertz CT molecular complexity index is 1020. The van der Waals surface area contributed by atoms with Crippen LogP contribution in [-0.4, -0.2) is 11.7 Å². The number of hydrogen-bond acceptors (Lipinski definition) is 4. The van der Waals surface area contributed by atoms with Gasteiger partial charge in [0.05, 0.1) is 16.5 Å². The van der Waals surface area contributed by atoms with Crippen molar-refractivity contribution in [1.82, 2.24) is 0 Å². The van der Waals surface area contributed by atoms with Crippen LogP contribution in [0.2, 0.25) is 0 Å². The minimum Gasteiger partial charge on any atom is -0.485 e. The molecule has 2 aliphatic rings. The molecule has 0 aliphatic carbocycles. The highest BCUT2D eigenvalue weighted by Crippen LogP contribution is 2.49. The minimum absolute atomic E-state index is 0.0297. The summed E-state index contributed by atoms with van der Waals surface area (Å²) in [4.78, 5) is 12.2. The molecule has 4 rings (SSSR count). The molecule has 0 N–H and O–H groups in total. The molecule has 0 radical (unpaired) electrons. The second kappa shape index (κ2) is 5.76. The Hall–Kier alpha value is -2.49. The van der Waals surface area contributed by atoms with Gasteiger partial charge in [0.2, 0.25) is 0 Å². The van der Waals surface area contributed by atoms with Crippen LogP contribution in [0.5, 0.6) is 11.5 Å². The fourth-order valence-corrected chi connectivity index (χ4v) is 3.64. The van der Waals surface area contributed by atoms with Crippen LogP contribution < -0.4 is 15.1 Å². The number of benzene rings is 1. The van der Waals surface area contributed by atoms with Crippen molar-refractivity contribution in [1.29, 1.82) is 0 Å². The van der Waals surface area contributed by atoms with E-state index in [1.165, 1.54) is 0 Å². The fraction of sp³-hybridized carbons (Fsp3) is 0.409. The largest absolute Gasteiger partial charge is 0.485 e. The van der Waals surface area contributed by atoms with E-state index >= 15 is 0 Å². The molecule has 1 aromatic heterocycles. The van der Waals surface area contributed by atoms with Crippen molar-refractivity contribution in [2.75, 3.05) is 0 Å². The first-order valence-corrected chi connectivity index (χ1v) is 9.20. The summed E-state index contributed by atoms with van der Waals surface area (Å²) in [5.41, 5.74) is 3.62. The Morgan fingerprint density at radius 3 is 2.69 bits per heavy atom. The van der Waals surface area contributed by atoms with E-state index in [4.69, 9.17) is 13.9 Å². The van der Waals surface area contributed by atoms with E-state index in [1.54, 1.807) is 6.07 Å². The van der Waals surface area contributed by atoms with E-state index in [1.807, 2.05) is 33.8 Å². The average molecular weight is 352 g/mol. The van der Waals surface area contributed by atoms with Crippen LogP contribution in [0.4, 0.5) is 0 Å². The molecule has 0 amide bonds. The maximum atomic E-state index is 12.2. The molecule has 4 heteroatoms.